The maximum absolute atomic E-state index is 13.8. The maximum Gasteiger partial charge on any atom is 0.338 e. The summed E-state index contributed by atoms with van der Waals surface area (Å²) in [4.78, 5) is 54.5. The minimum atomic E-state index is -0.896. The van der Waals surface area contributed by atoms with Crippen molar-refractivity contribution in [3.05, 3.63) is 78.5 Å². The second kappa shape index (κ2) is 11.6. The number of benzene rings is 2. The molecule has 0 bridgehead atoms. The third-order valence-electron chi connectivity index (χ3n) is 5.92. The van der Waals surface area contributed by atoms with E-state index in [4.69, 9.17) is 23.7 Å². The molecular weight excluding hydrogens is 540 g/mol. The van der Waals surface area contributed by atoms with E-state index in [9.17, 15) is 19.2 Å². The van der Waals surface area contributed by atoms with Gasteiger partial charge in [0.2, 0.25) is 0 Å². The van der Waals surface area contributed by atoms with Crippen LogP contribution in [0.25, 0.3) is 6.08 Å². The van der Waals surface area contributed by atoms with Crippen LogP contribution < -0.4 is 33.8 Å². The summed E-state index contributed by atoms with van der Waals surface area (Å²) in [6, 6.07) is 8.77. The summed E-state index contributed by atoms with van der Waals surface area (Å²) in [5.74, 6) is -0.659. The van der Waals surface area contributed by atoms with Gasteiger partial charge < -0.3 is 23.7 Å². The van der Waals surface area contributed by atoms with E-state index in [0.29, 0.717) is 31.9 Å². The van der Waals surface area contributed by atoms with Crippen molar-refractivity contribution < 1.29 is 38.1 Å². The number of methoxy groups -OCH3 is 3. The number of hydrogen-bond donors (Lipinski definition) is 0. The number of carbonyl (C=O) groups excluding carboxylic acids is 3. The molecule has 1 aliphatic rings. The predicted molar refractivity (Wildman–Crippen MR) is 144 cm³/mol. The van der Waals surface area contributed by atoms with E-state index < -0.39 is 29.5 Å². The molecule has 0 spiro atoms. The Morgan fingerprint density at radius 2 is 1.50 bits per heavy atom. The number of fused-ring (bicyclic) bond motifs is 1. The first kappa shape index (κ1) is 28.3. The molecule has 0 aliphatic carbocycles. The molecule has 0 fully saturated rings. The third kappa shape index (κ3) is 5.52. The van der Waals surface area contributed by atoms with Gasteiger partial charge in [-0.3, -0.25) is 19.0 Å². The molecule has 12 heteroatoms. The van der Waals surface area contributed by atoms with Crippen LogP contribution in [-0.4, -0.2) is 43.8 Å². The number of hydrogen-bond acceptors (Lipinski definition) is 11. The van der Waals surface area contributed by atoms with Crippen LogP contribution in [0.5, 0.6) is 23.0 Å². The van der Waals surface area contributed by atoms with E-state index in [-0.39, 0.29) is 22.8 Å². The van der Waals surface area contributed by atoms with Crippen molar-refractivity contribution >= 4 is 35.3 Å². The van der Waals surface area contributed by atoms with E-state index in [2.05, 4.69) is 4.99 Å². The van der Waals surface area contributed by atoms with E-state index in [0.717, 1.165) is 11.3 Å². The lowest BCUT2D eigenvalue weighted by atomic mass is 9.95. The van der Waals surface area contributed by atoms with Gasteiger partial charge in [0.1, 0.15) is 0 Å². The largest absolute Gasteiger partial charge is 0.493 e. The Morgan fingerprint density at radius 3 is 2.08 bits per heavy atom. The van der Waals surface area contributed by atoms with Crippen molar-refractivity contribution in [2.45, 2.75) is 26.8 Å². The highest BCUT2D eigenvalue weighted by Gasteiger charge is 2.33. The fourth-order valence-electron chi connectivity index (χ4n) is 4.27. The summed E-state index contributed by atoms with van der Waals surface area (Å²) in [5.41, 5.74) is 1.30. The van der Waals surface area contributed by atoms with Crippen molar-refractivity contribution in [1.82, 2.24) is 4.57 Å². The van der Waals surface area contributed by atoms with Gasteiger partial charge in [-0.05, 0) is 48.4 Å². The van der Waals surface area contributed by atoms with Crippen molar-refractivity contribution in [3.8, 4) is 23.0 Å². The monoisotopic (exact) mass is 566 g/mol. The Bertz CT molecular complexity index is 1730. The third-order valence-corrected chi connectivity index (χ3v) is 6.91. The summed E-state index contributed by atoms with van der Waals surface area (Å²) >= 11 is 1.15. The average Bonchev–Trinajstić information content (AvgIpc) is 3.21. The number of rotatable bonds is 7. The Hall–Kier alpha value is -4.71. The molecule has 1 atom stereocenters. The van der Waals surface area contributed by atoms with Gasteiger partial charge in [0.05, 0.1) is 43.2 Å². The Morgan fingerprint density at radius 1 is 0.900 bits per heavy atom. The molecule has 208 valence electrons. The van der Waals surface area contributed by atoms with Gasteiger partial charge in [-0.15, -0.1) is 0 Å². The van der Waals surface area contributed by atoms with E-state index in [1.165, 1.54) is 45.8 Å². The van der Waals surface area contributed by atoms with Gasteiger partial charge in [-0.25, -0.2) is 9.79 Å². The van der Waals surface area contributed by atoms with Gasteiger partial charge in [-0.2, -0.15) is 0 Å². The molecular formula is C28H26N2O9S. The minimum absolute atomic E-state index is 0.177. The second-order valence-electron chi connectivity index (χ2n) is 8.58. The molecule has 1 aliphatic heterocycles. The van der Waals surface area contributed by atoms with E-state index in [1.807, 2.05) is 0 Å². The highest BCUT2D eigenvalue weighted by Crippen LogP contribution is 2.36. The molecule has 1 aromatic heterocycles. The summed E-state index contributed by atoms with van der Waals surface area (Å²) in [6.45, 7) is 4.22. The van der Waals surface area contributed by atoms with Crippen LogP contribution in [0.15, 0.2) is 57.5 Å². The molecule has 2 aromatic carbocycles. The van der Waals surface area contributed by atoms with Crippen molar-refractivity contribution in [3.63, 3.8) is 0 Å². The predicted octanol–water partition coefficient (Wildman–Crippen LogP) is 2.28. The number of carbonyl (C=O) groups is 3. The lowest BCUT2D eigenvalue weighted by Gasteiger charge is -2.25. The molecule has 3 aromatic rings. The Balaban J connectivity index is 1.91. The molecule has 0 N–H and O–H groups in total. The SMILES string of the molecule is COC(=O)C1=C(C)N=c2s/c(=C\c3ccc(OC(C)=O)c(OC)c3)c(=O)n2C1c1ccc(OC(C)=O)c(OC)c1. The molecule has 0 radical (unpaired) electrons. The molecule has 0 saturated carbocycles. The molecule has 0 amide bonds. The van der Waals surface area contributed by atoms with Crippen LogP contribution in [-0.2, 0) is 19.1 Å². The molecule has 40 heavy (non-hydrogen) atoms. The number of ether oxygens (including phenoxy) is 5. The lowest BCUT2D eigenvalue weighted by molar-refractivity contribution is -0.136. The number of aromatic nitrogens is 1. The molecule has 0 saturated heterocycles. The highest BCUT2D eigenvalue weighted by molar-refractivity contribution is 7.07. The van der Waals surface area contributed by atoms with Crippen LogP contribution in [0.2, 0.25) is 0 Å². The molecule has 2 heterocycles. The van der Waals surface area contributed by atoms with Gasteiger partial charge in [0.15, 0.2) is 27.8 Å². The van der Waals surface area contributed by atoms with Crippen LogP contribution >= 0.6 is 11.3 Å². The first-order valence-electron chi connectivity index (χ1n) is 11.9. The zero-order valence-corrected chi connectivity index (χ0v) is 23.4. The fourth-order valence-corrected chi connectivity index (χ4v) is 5.31. The van der Waals surface area contributed by atoms with Crippen LogP contribution in [0, 0.1) is 0 Å². The number of thiazole rings is 1. The first-order chi connectivity index (χ1) is 19.1. The topological polar surface area (TPSA) is 132 Å². The average molecular weight is 567 g/mol. The summed E-state index contributed by atoms with van der Waals surface area (Å²) in [7, 11) is 4.11. The van der Waals surface area contributed by atoms with Crippen LogP contribution in [0.4, 0.5) is 0 Å². The summed E-state index contributed by atoms with van der Waals surface area (Å²) in [5, 5.41) is 0. The molecule has 11 nitrogen and oxygen atoms in total. The summed E-state index contributed by atoms with van der Waals surface area (Å²) < 4.78 is 27.9. The van der Waals surface area contributed by atoms with Crippen molar-refractivity contribution in [2.75, 3.05) is 21.3 Å². The van der Waals surface area contributed by atoms with Crippen LogP contribution in [0.3, 0.4) is 0 Å². The zero-order valence-electron chi connectivity index (χ0n) is 22.6. The summed E-state index contributed by atoms with van der Waals surface area (Å²) in [6.07, 6.45) is 1.66. The fraction of sp³-hybridized carbons (Fsp3) is 0.250. The maximum atomic E-state index is 13.8. The number of allylic oxidation sites excluding steroid dienone is 1. The first-order valence-corrected chi connectivity index (χ1v) is 12.7. The van der Waals surface area contributed by atoms with Gasteiger partial charge in [0, 0.05) is 13.8 Å². The molecule has 1 unspecified atom stereocenters. The number of nitrogens with zero attached hydrogens (tertiary/aromatic N) is 2. The van der Waals surface area contributed by atoms with E-state index in [1.54, 1.807) is 43.3 Å². The normalized spacial score (nSPS) is 14.7. The molecule has 4 rings (SSSR count). The number of esters is 3. The zero-order chi connectivity index (χ0) is 29.1. The van der Waals surface area contributed by atoms with Crippen molar-refractivity contribution in [2.24, 2.45) is 4.99 Å². The minimum Gasteiger partial charge on any atom is -0.493 e. The quantitative estimate of drug-likeness (QED) is 0.312. The van der Waals surface area contributed by atoms with Gasteiger partial charge in [-0.1, -0.05) is 23.5 Å². The Kier molecular flexibility index (Phi) is 8.19. The van der Waals surface area contributed by atoms with E-state index >= 15 is 0 Å². The second-order valence-corrected chi connectivity index (χ2v) is 9.59. The van der Waals surface area contributed by atoms with Gasteiger partial charge in [0.25, 0.3) is 5.56 Å². The van der Waals surface area contributed by atoms with Crippen LogP contribution in [0.1, 0.15) is 37.9 Å². The smallest absolute Gasteiger partial charge is 0.338 e. The van der Waals surface area contributed by atoms with Gasteiger partial charge >= 0.3 is 17.9 Å². The van der Waals surface area contributed by atoms with Crippen molar-refractivity contribution in [1.29, 1.82) is 0 Å². The lowest BCUT2D eigenvalue weighted by Crippen LogP contribution is -2.39. The standard InChI is InChI=1S/C28H26N2O9S/c1-14-24(27(34)37-6)25(18-8-10-20(39-16(3)32)22(13-18)36-5)30-26(33)23(40-28(30)29-14)12-17-7-9-19(38-15(2)31)21(11-17)35-4/h7-13,25H,1-6H3/b23-12-. The Labute approximate surface area is 232 Å². The highest BCUT2D eigenvalue weighted by atomic mass is 32.1.